The van der Waals surface area contributed by atoms with E-state index < -0.39 is 39.2 Å². The SMILES string of the molecule is O=C(CN(c1ccc(Cl)c(C(F)(F)F)c1)S(=O)(=O)c1ccccc1)Nc1ccc(Cl)cc1. The molecule has 0 aliphatic heterocycles. The van der Waals surface area contributed by atoms with Crippen LogP contribution in [0.4, 0.5) is 24.5 Å². The van der Waals surface area contributed by atoms with Crippen molar-refractivity contribution in [3.05, 3.63) is 88.4 Å². The number of nitrogens with zero attached hydrogens (tertiary/aromatic N) is 1. The molecule has 0 bridgehead atoms. The third-order valence-corrected chi connectivity index (χ3v) is 6.66. The lowest BCUT2D eigenvalue weighted by atomic mass is 10.2. The van der Waals surface area contributed by atoms with Gasteiger partial charge in [0.05, 0.1) is 21.2 Å². The minimum Gasteiger partial charge on any atom is -0.325 e. The summed E-state index contributed by atoms with van der Waals surface area (Å²) in [5, 5.41) is 2.33. The molecule has 3 rings (SSSR count). The van der Waals surface area contributed by atoms with Gasteiger partial charge in [0.25, 0.3) is 10.0 Å². The lowest BCUT2D eigenvalue weighted by molar-refractivity contribution is -0.137. The van der Waals surface area contributed by atoms with Gasteiger partial charge in [0.15, 0.2) is 0 Å². The topological polar surface area (TPSA) is 66.5 Å². The highest BCUT2D eigenvalue weighted by molar-refractivity contribution is 7.92. The smallest absolute Gasteiger partial charge is 0.325 e. The second-order valence-corrected chi connectivity index (χ2v) is 9.25. The second-order valence-electron chi connectivity index (χ2n) is 6.54. The Morgan fingerprint density at radius 2 is 1.56 bits per heavy atom. The van der Waals surface area contributed by atoms with E-state index in [0.717, 1.165) is 12.1 Å². The minimum atomic E-state index is -4.82. The van der Waals surface area contributed by atoms with Crippen molar-refractivity contribution < 1.29 is 26.4 Å². The monoisotopic (exact) mass is 502 g/mol. The molecule has 5 nitrogen and oxygen atoms in total. The molecule has 0 heterocycles. The van der Waals surface area contributed by atoms with Crippen LogP contribution < -0.4 is 9.62 Å². The highest BCUT2D eigenvalue weighted by Gasteiger charge is 2.35. The largest absolute Gasteiger partial charge is 0.417 e. The summed E-state index contributed by atoms with van der Waals surface area (Å²) in [6.45, 7) is -0.779. The molecule has 0 unspecified atom stereocenters. The maximum Gasteiger partial charge on any atom is 0.417 e. The first-order chi connectivity index (χ1) is 15.0. The molecule has 0 spiro atoms. The summed E-state index contributed by atoms with van der Waals surface area (Å²) in [4.78, 5) is 12.4. The molecule has 168 valence electrons. The standard InChI is InChI=1S/C21H15Cl2F3N2O3S/c22-14-6-8-15(9-7-14)27-20(29)13-28(32(30,31)17-4-2-1-3-5-17)16-10-11-19(23)18(12-16)21(24,25)26/h1-12H,13H2,(H,27,29). The predicted octanol–water partition coefficient (Wildman–Crippen LogP) is 5.85. The van der Waals surface area contributed by atoms with E-state index in [0.29, 0.717) is 21.1 Å². The maximum absolute atomic E-state index is 13.4. The molecule has 3 aromatic rings. The van der Waals surface area contributed by atoms with Crippen LogP contribution in [-0.2, 0) is 21.0 Å². The van der Waals surface area contributed by atoms with E-state index in [4.69, 9.17) is 23.2 Å². The van der Waals surface area contributed by atoms with Crippen LogP contribution in [0, 0.1) is 0 Å². The first-order valence-electron chi connectivity index (χ1n) is 8.98. The van der Waals surface area contributed by atoms with Crippen LogP contribution in [0.5, 0.6) is 0 Å². The van der Waals surface area contributed by atoms with Crippen LogP contribution in [0.15, 0.2) is 77.7 Å². The highest BCUT2D eigenvalue weighted by atomic mass is 35.5. The number of halogens is 5. The molecule has 1 amide bonds. The van der Waals surface area contributed by atoms with Gasteiger partial charge in [-0.05, 0) is 54.6 Å². The zero-order valence-electron chi connectivity index (χ0n) is 16.1. The Kier molecular flexibility index (Phi) is 7.02. The third kappa shape index (κ3) is 5.53. The Labute approximate surface area is 192 Å². The molecular formula is C21H15Cl2F3N2O3S. The summed E-state index contributed by atoms with van der Waals surface area (Å²) in [7, 11) is -4.38. The number of anilines is 2. The Bertz CT molecular complexity index is 1220. The van der Waals surface area contributed by atoms with Crippen LogP contribution in [0.2, 0.25) is 10.0 Å². The van der Waals surface area contributed by atoms with Crippen molar-refractivity contribution in [1.82, 2.24) is 0 Å². The van der Waals surface area contributed by atoms with Crippen molar-refractivity contribution >= 4 is 50.5 Å². The van der Waals surface area contributed by atoms with Gasteiger partial charge in [-0.3, -0.25) is 9.10 Å². The maximum atomic E-state index is 13.4. The molecule has 0 fully saturated rings. The van der Waals surface area contributed by atoms with Gasteiger partial charge in [-0.15, -0.1) is 0 Å². The summed E-state index contributed by atoms with van der Waals surface area (Å²) in [6, 6.07) is 15.7. The van der Waals surface area contributed by atoms with Gasteiger partial charge in [0, 0.05) is 10.7 Å². The minimum absolute atomic E-state index is 0.192. The van der Waals surface area contributed by atoms with Crippen LogP contribution in [0.25, 0.3) is 0 Å². The van der Waals surface area contributed by atoms with Crippen molar-refractivity contribution in [3.8, 4) is 0 Å². The molecule has 1 N–H and O–H groups in total. The van der Waals surface area contributed by atoms with Crippen LogP contribution in [0.3, 0.4) is 0 Å². The molecule has 0 aromatic heterocycles. The summed E-state index contributed by atoms with van der Waals surface area (Å²) in [5.41, 5.74) is -1.25. The molecule has 0 saturated carbocycles. The fourth-order valence-electron chi connectivity index (χ4n) is 2.78. The lowest BCUT2D eigenvalue weighted by Crippen LogP contribution is -2.38. The molecule has 0 saturated heterocycles. The molecule has 0 radical (unpaired) electrons. The van der Waals surface area contributed by atoms with E-state index in [1.807, 2.05) is 0 Å². The van der Waals surface area contributed by atoms with Gasteiger partial charge in [-0.25, -0.2) is 8.42 Å². The number of amides is 1. The third-order valence-electron chi connectivity index (χ3n) is 4.29. The Balaban J connectivity index is 2.02. The summed E-state index contributed by atoms with van der Waals surface area (Å²) in [6.07, 6.45) is -4.82. The zero-order chi connectivity index (χ0) is 23.5. The molecule has 3 aromatic carbocycles. The summed E-state index contributed by atoms with van der Waals surface area (Å²) < 4.78 is 67.1. The van der Waals surface area contributed by atoms with Crippen molar-refractivity contribution in [2.75, 3.05) is 16.2 Å². The van der Waals surface area contributed by atoms with Gasteiger partial charge >= 0.3 is 6.18 Å². The number of carbonyl (C=O) groups is 1. The van der Waals surface area contributed by atoms with Gasteiger partial charge in [-0.2, -0.15) is 13.2 Å². The number of alkyl halides is 3. The second kappa shape index (κ2) is 9.40. The summed E-state index contributed by atoms with van der Waals surface area (Å²) >= 11 is 11.5. The van der Waals surface area contributed by atoms with Crippen LogP contribution in [-0.4, -0.2) is 20.9 Å². The average molecular weight is 503 g/mol. The van der Waals surface area contributed by atoms with Crippen LogP contribution in [0.1, 0.15) is 5.56 Å². The molecule has 32 heavy (non-hydrogen) atoms. The molecular weight excluding hydrogens is 488 g/mol. The Morgan fingerprint density at radius 1 is 0.938 bits per heavy atom. The fourth-order valence-corrected chi connectivity index (χ4v) is 4.57. The number of rotatable bonds is 6. The zero-order valence-corrected chi connectivity index (χ0v) is 18.4. The van der Waals surface area contributed by atoms with Crippen molar-refractivity contribution in [1.29, 1.82) is 0 Å². The molecule has 0 aliphatic carbocycles. The quantitative estimate of drug-likeness (QED) is 0.459. The van der Waals surface area contributed by atoms with Gasteiger partial charge in [-0.1, -0.05) is 41.4 Å². The Hall–Kier alpha value is -2.75. The van der Waals surface area contributed by atoms with E-state index >= 15 is 0 Å². The van der Waals surface area contributed by atoms with E-state index in [-0.39, 0.29) is 10.6 Å². The van der Waals surface area contributed by atoms with Gasteiger partial charge in [0.2, 0.25) is 5.91 Å². The number of carbonyl (C=O) groups excluding carboxylic acids is 1. The van der Waals surface area contributed by atoms with Gasteiger partial charge < -0.3 is 5.32 Å². The van der Waals surface area contributed by atoms with E-state index in [9.17, 15) is 26.4 Å². The van der Waals surface area contributed by atoms with Crippen molar-refractivity contribution in [2.45, 2.75) is 11.1 Å². The number of benzene rings is 3. The summed E-state index contributed by atoms with van der Waals surface area (Å²) in [5.74, 6) is -0.768. The first kappa shape index (κ1) is 23.9. The average Bonchev–Trinajstić information content (AvgIpc) is 2.74. The van der Waals surface area contributed by atoms with Crippen LogP contribution >= 0.6 is 23.2 Å². The normalized spacial score (nSPS) is 11.8. The van der Waals surface area contributed by atoms with E-state index in [1.54, 1.807) is 6.07 Å². The van der Waals surface area contributed by atoms with Crippen molar-refractivity contribution in [2.24, 2.45) is 0 Å². The predicted molar refractivity (Wildman–Crippen MR) is 118 cm³/mol. The molecule has 0 atom stereocenters. The van der Waals surface area contributed by atoms with E-state index in [2.05, 4.69) is 5.32 Å². The molecule has 11 heteroatoms. The van der Waals surface area contributed by atoms with Gasteiger partial charge in [0.1, 0.15) is 6.54 Å². The Morgan fingerprint density at radius 3 is 2.16 bits per heavy atom. The number of sulfonamides is 1. The number of nitrogens with one attached hydrogen (secondary N) is 1. The van der Waals surface area contributed by atoms with Crippen molar-refractivity contribution in [3.63, 3.8) is 0 Å². The number of hydrogen-bond donors (Lipinski definition) is 1. The first-order valence-corrected chi connectivity index (χ1v) is 11.2. The fraction of sp³-hybridized carbons (Fsp3) is 0.0952. The molecule has 0 aliphatic rings. The lowest BCUT2D eigenvalue weighted by Gasteiger charge is -2.25. The number of hydrogen-bond acceptors (Lipinski definition) is 3. The van der Waals surface area contributed by atoms with E-state index in [1.165, 1.54) is 48.5 Å². The highest BCUT2D eigenvalue weighted by Crippen LogP contribution is 2.38.